The Morgan fingerprint density at radius 1 is 0.917 bits per heavy atom. The van der Waals surface area contributed by atoms with E-state index in [4.69, 9.17) is 14.5 Å². The summed E-state index contributed by atoms with van der Waals surface area (Å²) in [4.78, 5) is 20.6. The molecule has 1 aliphatic heterocycles. The van der Waals surface area contributed by atoms with E-state index < -0.39 is 31.5 Å². The maximum Gasteiger partial charge on any atom is 0.323 e. The molecule has 256 valence electrons. The Balaban J connectivity index is 1.46. The molecule has 3 aromatic carbocycles. The van der Waals surface area contributed by atoms with E-state index in [0.29, 0.717) is 15.0 Å². The maximum absolute atomic E-state index is 13.5. The van der Waals surface area contributed by atoms with Gasteiger partial charge in [0.2, 0.25) is 20.0 Å². The van der Waals surface area contributed by atoms with E-state index in [9.17, 15) is 21.6 Å². The summed E-state index contributed by atoms with van der Waals surface area (Å²) in [6.07, 6.45) is 3.45. The highest BCUT2D eigenvalue weighted by Gasteiger charge is 2.33. The number of aromatic nitrogens is 1. The Kier molecular flexibility index (Phi) is 10.0. The first-order valence-corrected chi connectivity index (χ1v) is 19.0. The standard InChI is InChI=1S/C34H41N5O7S2/c1-34(2,3)24-19-30(32(45-4)31(20-24)39(47(5,41)42)48(6,43)44)37-33(40)36-29-14-13-26(27-9-7-8-10-28(27)29)23-11-12-25(35-21-23)22-38-15-17-46-18-16-38/h7-14,19-21H,15-18,22H2,1-6H3,(H2,36,37,40). The second-order valence-corrected chi connectivity index (χ2v) is 16.7. The molecule has 2 N–H and O–H groups in total. The van der Waals surface area contributed by atoms with Crippen molar-refractivity contribution in [2.75, 3.05) is 60.3 Å². The average molecular weight is 696 g/mol. The van der Waals surface area contributed by atoms with Crippen LogP contribution in [-0.4, -0.2) is 78.7 Å². The molecule has 4 aromatic rings. The zero-order valence-corrected chi connectivity index (χ0v) is 29.5. The number of hydrogen-bond donors (Lipinski definition) is 2. The summed E-state index contributed by atoms with van der Waals surface area (Å²) < 4.78 is 62.1. The van der Waals surface area contributed by atoms with Crippen LogP contribution in [0.4, 0.5) is 21.9 Å². The first kappa shape index (κ1) is 35.1. The molecule has 1 saturated heterocycles. The zero-order chi connectivity index (χ0) is 34.9. The number of fused-ring (bicyclic) bond motifs is 1. The van der Waals surface area contributed by atoms with Gasteiger partial charge in [0.1, 0.15) is 5.69 Å². The Morgan fingerprint density at radius 2 is 1.56 bits per heavy atom. The third-order valence-electron chi connectivity index (χ3n) is 7.98. The number of sulfonamides is 2. The number of anilines is 3. The number of pyridine rings is 1. The van der Waals surface area contributed by atoms with Gasteiger partial charge in [0.25, 0.3) is 0 Å². The number of methoxy groups -OCH3 is 1. The molecule has 0 spiro atoms. The molecule has 12 nitrogen and oxygen atoms in total. The van der Waals surface area contributed by atoms with Crippen LogP contribution in [0.1, 0.15) is 32.0 Å². The van der Waals surface area contributed by atoms with Crippen LogP contribution in [0, 0.1) is 0 Å². The second-order valence-electron chi connectivity index (χ2n) is 12.8. The third kappa shape index (κ3) is 7.89. The lowest BCUT2D eigenvalue weighted by atomic mass is 9.86. The number of amides is 2. The number of rotatable bonds is 9. The number of nitrogens with one attached hydrogen (secondary N) is 2. The van der Waals surface area contributed by atoms with E-state index in [1.165, 1.54) is 13.2 Å². The van der Waals surface area contributed by atoms with Crippen LogP contribution in [0.15, 0.2) is 66.9 Å². The predicted octanol–water partition coefficient (Wildman–Crippen LogP) is 5.41. The molecule has 14 heteroatoms. The van der Waals surface area contributed by atoms with Gasteiger partial charge in [-0.2, -0.15) is 3.71 Å². The second kappa shape index (κ2) is 13.7. The number of ether oxygens (including phenoxy) is 2. The molecule has 0 unspecified atom stereocenters. The van der Waals surface area contributed by atoms with Crippen LogP contribution in [0.25, 0.3) is 21.9 Å². The molecular formula is C34H41N5O7S2. The van der Waals surface area contributed by atoms with Gasteiger partial charge in [-0.25, -0.2) is 21.6 Å². The molecule has 1 aliphatic rings. The summed E-state index contributed by atoms with van der Waals surface area (Å²) in [7, 11) is -7.32. The summed E-state index contributed by atoms with van der Waals surface area (Å²) in [6.45, 7) is 9.62. The highest BCUT2D eigenvalue weighted by atomic mass is 32.3. The zero-order valence-electron chi connectivity index (χ0n) is 27.9. The molecule has 1 aromatic heterocycles. The molecule has 5 rings (SSSR count). The molecule has 0 bridgehead atoms. The van der Waals surface area contributed by atoms with Crippen molar-refractivity contribution in [2.24, 2.45) is 0 Å². The van der Waals surface area contributed by atoms with E-state index in [1.807, 2.05) is 75.5 Å². The molecule has 0 aliphatic carbocycles. The van der Waals surface area contributed by atoms with Crippen LogP contribution < -0.4 is 19.1 Å². The Morgan fingerprint density at radius 3 is 2.15 bits per heavy atom. The number of urea groups is 1. The van der Waals surface area contributed by atoms with Gasteiger partial charge in [-0.1, -0.05) is 57.2 Å². The summed E-state index contributed by atoms with van der Waals surface area (Å²) >= 11 is 0. The molecule has 0 radical (unpaired) electrons. The van der Waals surface area contributed by atoms with Crippen LogP contribution in [-0.2, 0) is 36.7 Å². The minimum atomic E-state index is -4.30. The first-order chi connectivity index (χ1) is 22.6. The van der Waals surface area contributed by atoms with Crippen molar-refractivity contribution in [2.45, 2.75) is 32.7 Å². The summed E-state index contributed by atoms with van der Waals surface area (Å²) in [5.41, 5.74) is 3.29. The first-order valence-electron chi connectivity index (χ1n) is 15.3. The fourth-order valence-electron chi connectivity index (χ4n) is 5.69. The lowest BCUT2D eigenvalue weighted by Gasteiger charge is -2.27. The minimum absolute atomic E-state index is 0.0962. The summed E-state index contributed by atoms with van der Waals surface area (Å²) in [5.74, 6) is -0.126. The number of benzene rings is 3. The van der Waals surface area contributed by atoms with Crippen LogP contribution >= 0.6 is 0 Å². The molecule has 1 fully saturated rings. The molecule has 2 heterocycles. The van der Waals surface area contributed by atoms with Gasteiger partial charge in [0.15, 0.2) is 5.75 Å². The highest BCUT2D eigenvalue weighted by Crippen LogP contribution is 2.42. The van der Waals surface area contributed by atoms with E-state index in [2.05, 4.69) is 15.5 Å². The maximum atomic E-state index is 13.5. The van der Waals surface area contributed by atoms with Crippen LogP contribution in [0.5, 0.6) is 5.75 Å². The van der Waals surface area contributed by atoms with Crippen molar-refractivity contribution in [3.05, 3.63) is 78.1 Å². The molecular weight excluding hydrogens is 655 g/mol. The van der Waals surface area contributed by atoms with Gasteiger partial charge in [0.05, 0.1) is 49.9 Å². The Labute approximate surface area is 282 Å². The van der Waals surface area contributed by atoms with E-state index in [-0.39, 0.29) is 17.1 Å². The topological polar surface area (TPSA) is 147 Å². The molecule has 0 atom stereocenters. The molecule has 0 saturated carbocycles. The Hall–Kier alpha value is -4.24. The van der Waals surface area contributed by atoms with Crippen molar-refractivity contribution in [3.63, 3.8) is 0 Å². The number of carbonyl (C=O) groups is 1. The summed E-state index contributed by atoms with van der Waals surface area (Å²) in [5, 5.41) is 7.35. The monoisotopic (exact) mass is 695 g/mol. The fraction of sp³-hybridized carbons (Fsp3) is 0.353. The van der Waals surface area contributed by atoms with Gasteiger partial charge in [0, 0.05) is 36.8 Å². The minimum Gasteiger partial charge on any atom is -0.492 e. The number of nitrogens with zero attached hydrogens (tertiary/aromatic N) is 3. The number of morpholine rings is 1. The number of hydrogen-bond acceptors (Lipinski definition) is 9. The van der Waals surface area contributed by atoms with Crippen molar-refractivity contribution in [3.8, 4) is 16.9 Å². The lowest BCUT2D eigenvalue weighted by molar-refractivity contribution is 0.0336. The quantitative estimate of drug-likeness (QED) is 0.235. The highest BCUT2D eigenvalue weighted by molar-refractivity contribution is 8.09. The molecule has 2 amide bonds. The van der Waals surface area contributed by atoms with Crippen molar-refractivity contribution in [1.82, 2.24) is 9.88 Å². The van der Waals surface area contributed by atoms with Gasteiger partial charge >= 0.3 is 6.03 Å². The Bertz CT molecular complexity index is 2010. The normalized spacial score (nSPS) is 14.5. The van der Waals surface area contributed by atoms with Gasteiger partial charge in [-0.15, -0.1) is 0 Å². The lowest BCUT2D eigenvalue weighted by Crippen LogP contribution is -2.36. The van der Waals surface area contributed by atoms with Gasteiger partial charge in [-0.05, 0) is 46.2 Å². The fourth-order valence-corrected chi connectivity index (χ4v) is 8.65. The largest absolute Gasteiger partial charge is 0.492 e. The number of carbonyl (C=O) groups excluding carboxylic acids is 1. The van der Waals surface area contributed by atoms with Crippen LogP contribution in [0.3, 0.4) is 0 Å². The third-order valence-corrected chi connectivity index (χ3v) is 11.2. The smallest absolute Gasteiger partial charge is 0.323 e. The summed E-state index contributed by atoms with van der Waals surface area (Å²) in [6, 6.07) is 17.9. The average Bonchev–Trinajstić information content (AvgIpc) is 3.00. The van der Waals surface area contributed by atoms with Crippen molar-refractivity contribution in [1.29, 1.82) is 0 Å². The SMILES string of the molecule is COc1c(NC(=O)Nc2ccc(-c3ccc(CN4CCOCC4)nc3)c3ccccc23)cc(C(C)(C)C)cc1N(S(C)(=O)=O)S(C)(=O)=O. The van der Waals surface area contributed by atoms with Crippen molar-refractivity contribution < 1.29 is 31.1 Å². The van der Waals surface area contributed by atoms with Gasteiger partial charge < -0.3 is 20.1 Å². The predicted molar refractivity (Wildman–Crippen MR) is 190 cm³/mol. The van der Waals surface area contributed by atoms with Gasteiger partial charge in [-0.3, -0.25) is 9.88 Å². The van der Waals surface area contributed by atoms with Crippen molar-refractivity contribution >= 4 is 53.9 Å². The van der Waals surface area contributed by atoms with E-state index >= 15 is 0 Å². The molecule has 48 heavy (non-hydrogen) atoms. The van der Waals surface area contributed by atoms with Crippen LogP contribution in [0.2, 0.25) is 0 Å². The van der Waals surface area contributed by atoms with E-state index in [1.54, 1.807) is 6.07 Å². The van der Waals surface area contributed by atoms with E-state index in [0.717, 1.165) is 73.0 Å².